The molecule has 2 nitrogen and oxygen atoms in total. The van der Waals surface area contributed by atoms with Gasteiger partial charge >= 0.3 is 0 Å². The van der Waals surface area contributed by atoms with E-state index < -0.39 is 0 Å². The second-order valence-electron chi connectivity index (χ2n) is 29.5. The fourth-order valence-electron chi connectivity index (χ4n) is 17.8. The molecule has 0 bridgehead atoms. The molecule has 0 saturated carbocycles. The minimum atomic E-state index is -0.113. The van der Waals surface area contributed by atoms with Crippen molar-refractivity contribution in [2.24, 2.45) is 0 Å². The first-order chi connectivity index (χ1) is 55.4. The zero-order valence-electron chi connectivity index (χ0n) is 61.4. The van der Waals surface area contributed by atoms with Gasteiger partial charge in [0.05, 0.1) is 0 Å². The Bertz CT molecular complexity index is 6630. The summed E-state index contributed by atoms with van der Waals surface area (Å²) < 4.78 is 0. The van der Waals surface area contributed by atoms with Gasteiger partial charge in [-0.15, -0.1) is 0 Å². The predicted octanol–water partition coefficient (Wildman–Crippen LogP) is 29.0. The van der Waals surface area contributed by atoms with Crippen LogP contribution in [0.1, 0.15) is 60.9 Å². The van der Waals surface area contributed by atoms with E-state index in [9.17, 15) is 0 Å². The van der Waals surface area contributed by atoms with Crippen LogP contribution in [0.25, 0.3) is 172 Å². The van der Waals surface area contributed by atoms with E-state index in [-0.39, 0.29) is 17.5 Å². The molecule has 18 aromatic carbocycles. The number of hydrogen-bond donors (Lipinski definition) is 0. The third kappa shape index (κ3) is 12.1. The van der Waals surface area contributed by atoms with Gasteiger partial charge in [0.15, 0.2) is 11.6 Å². The van der Waals surface area contributed by atoms with Crippen LogP contribution in [0.5, 0.6) is 0 Å². The van der Waals surface area contributed by atoms with Gasteiger partial charge in [0.1, 0.15) is 0 Å². The maximum Gasteiger partial charge on any atom is 0.193 e. The average molecular weight is 1430 g/mol. The smallest absolute Gasteiger partial charge is 0.193 e. The summed E-state index contributed by atoms with van der Waals surface area (Å²) in [5.41, 5.74) is 34.5. The minimum absolute atomic E-state index is 0.0409. The maximum atomic E-state index is 15.3. The lowest BCUT2D eigenvalue weighted by Gasteiger charge is -2.37. The third-order valence-corrected chi connectivity index (χ3v) is 22.9. The van der Waals surface area contributed by atoms with E-state index in [1.165, 1.54) is 71.6 Å². The Hall–Kier alpha value is -14.4. The molecule has 20 rings (SSSR count). The van der Waals surface area contributed by atoms with Gasteiger partial charge in [-0.1, -0.05) is 346 Å². The first kappa shape index (κ1) is 67.0. The van der Waals surface area contributed by atoms with Crippen LogP contribution in [-0.4, -0.2) is 11.6 Å². The third-order valence-electron chi connectivity index (χ3n) is 22.9. The number of hydrogen-bond acceptors (Lipinski definition) is 2. The molecule has 524 valence electrons. The van der Waals surface area contributed by atoms with E-state index >= 15 is 9.59 Å². The quantitative estimate of drug-likeness (QED) is 0.0714. The molecule has 2 aliphatic carbocycles. The van der Waals surface area contributed by atoms with Crippen molar-refractivity contribution in [1.82, 2.24) is 0 Å². The van der Waals surface area contributed by atoms with Crippen molar-refractivity contribution >= 4 is 39.2 Å². The van der Waals surface area contributed by atoms with Gasteiger partial charge in [0, 0.05) is 28.2 Å². The number of ketones is 2. The second-order valence-corrected chi connectivity index (χ2v) is 29.5. The minimum Gasteiger partial charge on any atom is -0.289 e. The van der Waals surface area contributed by atoms with Crippen molar-refractivity contribution in [3.8, 4) is 145 Å². The highest BCUT2D eigenvalue weighted by atomic mass is 16.1. The van der Waals surface area contributed by atoms with Crippen LogP contribution < -0.4 is 0 Å². The maximum absolute atomic E-state index is 15.3. The first-order valence-corrected chi connectivity index (χ1v) is 38.6. The summed E-state index contributed by atoms with van der Waals surface area (Å²) in [5.74, 6) is -0.196. The van der Waals surface area contributed by atoms with Crippen LogP contribution in [0, 0.1) is 0 Å². The monoisotopic (exact) mass is 1420 g/mol. The molecular formula is C110H72O2. The molecule has 0 N–H and O–H groups in total. The Kier molecular flexibility index (Phi) is 17.1. The number of rotatable bonds is 16. The average Bonchev–Trinajstić information content (AvgIpc) is 0.679. The molecule has 0 aliphatic heterocycles. The first-order valence-electron chi connectivity index (χ1n) is 38.6. The van der Waals surface area contributed by atoms with E-state index in [0.717, 1.165) is 118 Å². The Balaban J connectivity index is 0.813. The zero-order valence-corrected chi connectivity index (χ0v) is 61.4. The fraction of sp³-hybridized carbons (Fsp3) is 0.0182. The Morgan fingerprint density at radius 1 is 0.205 bits per heavy atom. The summed E-state index contributed by atoms with van der Waals surface area (Å²) in [4.78, 5) is 30.6. The topological polar surface area (TPSA) is 34.1 Å². The molecule has 0 saturated heterocycles. The zero-order chi connectivity index (χ0) is 74.6. The van der Waals surface area contributed by atoms with Gasteiger partial charge in [-0.2, -0.15) is 0 Å². The van der Waals surface area contributed by atoms with Gasteiger partial charge in [-0.25, -0.2) is 0 Å². The molecular weight excluding hydrogens is 1350 g/mol. The van der Waals surface area contributed by atoms with Crippen LogP contribution >= 0.6 is 0 Å². The molecule has 0 amide bonds. The standard InChI is InChI=1S/C110H72O2/c111-109(91-65-87(71-31-9-1-10-32-71)63-88(66-91)72-33-11-2-12-34-72)85-53-27-49-81(61-85)79-47-25-51-83(59-79)100-70-98(76-41-19-6-20-42-76)102(84-52-26-48-80(60-84)82-50-28-54-86(62-82)110(112)92-67-89(73-35-13-3-14-36-73)64-90(68-92)74-37-15-4-16-38-74)108-96-58-29-55-93-103(96)104-94(106(100)108)56-30-57-95(104)107-101(78-45-23-8-24-46-78)97(75-39-17-5-18-40-75)69-99(105(93)107)77-43-21-7-22-44-77/h1-57,59-70,96H,58H2. The highest BCUT2D eigenvalue weighted by molar-refractivity contribution is 6.28. The lowest BCUT2D eigenvalue weighted by Crippen LogP contribution is -2.16. The van der Waals surface area contributed by atoms with Gasteiger partial charge in [0.25, 0.3) is 0 Å². The molecule has 112 heavy (non-hydrogen) atoms. The summed E-state index contributed by atoms with van der Waals surface area (Å²) in [6.07, 6.45) is 5.65. The predicted molar refractivity (Wildman–Crippen MR) is 467 cm³/mol. The molecule has 2 aliphatic rings. The van der Waals surface area contributed by atoms with Crippen LogP contribution in [0.3, 0.4) is 0 Å². The van der Waals surface area contributed by atoms with Crippen LogP contribution in [0.2, 0.25) is 0 Å². The SMILES string of the molecule is O=C(c1cccc(-c2cccc(-c3cc(-c4ccccc4)c(-c4cccc(-c5cccc(C(=O)c6cc(-c7ccccc7)cc(-c7ccccc7)c6)c5)c4)c4c3-c3cccc5c3c3c(c6c(-c7ccccc7)cc(-c7ccccc7)c(-c7ccccc7)c65)C=CCC43)c2)c1)c1cc(-c2ccccc2)cc(-c2ccccc2)c1. The molecule has 1 unspecified atom stereocenters. The summed E-state index contributed by atoms with van der Waals surface area (Å²) in [6.45, 7) is 0. The van der Waals surface area contributed by atoms with E-state index in [4.69, 9.17) is 0 Å². The number of carbonyl (C=O) groups excluding carboxylic acids is 2. The van der Waals surface area contributed by atoms with Crippen LogP contribution in [0.15, 0.2) is 413 Å². The van der Waals surface area contributed by atoms with E-state index in [1.54, 1.807) is 0 Å². The summed E-state index contributed by atoms with van der Waals surface area (Å²) in [7, 11) is 0. The Morgan fingerprint density at radius 2 is 0.536 bits per heavy atom. The van der Waals surface area contributed by atoms with Gasteiger partial charge in [0.2, 0.25) is 0 Å². The largest absolute Gasteiger partial charge is 0.289 e. The van der Waals surface area contributed by atoms with Gasteiger partial charge in [-0.05, 0) is 262 Å². The van der Waals surface area contributed by atoms with E-state index in [2.05, 4.69) is 297 Å². The van der Waals surface area contributed by atoms with Crippen LogP contribution in [-0.2, 0) is 0 Å². The van der Waals surface area contributed by atoms with Gasteiger partial charge in [-0.3, -0.25) is 9.59 Å². The summed E-state index contributed by atoms with van der Waals surface area (Å²) in [6, 6.07) is 144. The summed E-state index contributed by atoms with van der Waals surface area (Å²) >= 11 is 0. The van der Waals surface area contributed by atoms with Crippen molar-refractivity contribution in [2.75, 3.05) is 0 Å². The van der Waals surface area contributed by atoms with Crippen molar-refractivity contribution < 1.29 is 9.59 Å². The molecule has 0 fully saturated rings. The molecule has 0 radical (unpaired) electrons. The fourth-order valence-corrected chi connectivity index (χ4v) is 17.8. The molecule has 0 aromatic heterocycles. The van der Waals surface area contributed by atoms with E-state index in [0.29, 0.717) is 22.3 Å². The molecule has 18 aromatic rings. The highest BCUT2D eigenvalue weighted by Gasteiger charge is 2.38. The molecule has 0 spiro atoms. The molecule has 2 heteroatoms. The molecule has 0 heterocycles. The van der Waals surface area contributed by atoms with Crippen LogP contribution in [0.4, 0.5) is 0 Å². The Labute approximate surface area is 652 Å². The van der Waals surface area contributed by atoms with Crippen molar-refractivity contribution in [2.45, 2.75) is 12.3 Å². The van der Waals surface area contributed by atoms with Gasteiger partial charge < -0.3 is 0 Å². The van der Waals surface area contributed by atoms with Crippen molar-refractivity contribution in [3.05, 3.63) is 451 Å². The lowest BCUT2D eigenvalue weighted by atomic mass is 9.65. The van der Waals surface area contributed by atoms with Crippen molar-refractivity contribution in [1.29, 1.82) is 0 Å². The normalized spacial score (nSPS) is 12.6. The summed E-state index contributed by atoms with van der Waals surface area (Å²) in [5, 5.41) is 4.95. The number of fused-ring (bicyclic) bond motifs is 6. The number of allylic oxidation sites excluding steroid dienone is 1. The Morgan fingerprint density at radius 3 is 1.00 bits per heavy atom. The molecule has 1 atom stereocenters. The second kappa shape index (κ2) is 28.6. The number of carbonyl (C=O) groups is 2. The lowest BCUT2D eigenvalue weighted by molar-refractivity contribution is 0.103. The highest BCUT2D eigenvalue weighted by Crippen LogP contribution is 2.61. The number of benzene rings is 18. The van der Waals surface area contributed by atoms with E-state index in [1.807, 2.05) is 121 Å². The van der Waals surface area contributed by atoms with Crippen molar-refractivity contribution in [3.63, 3.8) is 0 Å².